The van der Waals surface area contributed by atoms with Gasteiger partial charge in [0.1, 0.15) is 23.9 Å². The van der Waals surface area contributed by atoms with Crippen LogP contribution in [0, 0.1) is 0 Å². The fraction of sp³-hybridized carbons (Fsp3) is 0.143. The molecule has 2 aromatic rings. The van der Waals surface area contributed by atoms with Crippen LogP contribution in [0.15, 0.2) is 53.4 Å². The second-order valence-electron chi connectivity index (χ2n) is 4.16. The topological polar surface area (TPSA) is 61.8 Å². The van der Waals surface area contributed by atoms with Gasteiger partial charge in [0.25, 0.3) is 0 Å². The van der Waals surface area contributed by atoms with E-state index in [0.717, 1.165) is 0 Å². The molecule has 5 nitrogen and oxygen atoms in total. The summed E-state index contributed by atoms with van der Waals surface area (Å²) in [6, 6.07) is 12.8. The molecule has 0 N–H and O–H groups in total. The Bertz CT molecular complexity index is 710. The van der Waals surface area contributed by atoms with Gasteiger partial charge < -0.3 is 13.7 Å². The lowest BCUT2D eigenvalue weighted by atomic mass is 10.3. The number of hydrogen-bond acceptors (Lipinski definition) is 5. The van der Waals surface area contributed by atoms with E-state index in [0.29, 0.717) is 24.7 Å². The molecule has 0 saturated heterocycles. The molecule has 20 heavy (non-hydrogen) atoms. The summed E-state index contributed by atoms with van der Waals surface area (Å²) in [5, 5.41) is 0. The minimum absolute atomic E-state index is 0.0330. The normalized spacial score (nSPS) is 13.8. The molecular formula is C14H12O5S. The number of benzene rings is 2. The van der Waals surface area contributed by atoms with Crippen molar-refractivity contribution in [1.29, 1.82) is 0 Å². The molecule has 0 saturated carbocycles. The summed E-state index contributed by atoms with van der Waals surface area (Å²) in [5.74, 6) is 1.21. The van der Waals surface area contributed by atoms with Gasteiger partial charge in [-0.15, -0.1) is 0 Å². The minimum Gasteiger partial charge on any atom is -0.486 e. The van der Waals surface area contributed by atoms with Crippen molar-refractivity contribution in [1.82, 2.24) is 0 Å². The van der Waals surface area contributed by atoms with Gasteiger partial charge in [0.05, 0.1) is 0 Å². The molecule has 0 radical (unpaired) electrons. The van der Waals surface area contributed by atoms with Crippen LogP contribution in [0.25, 0.3) is 0 Å². The van der Waals surface area contributed by atoms with Crippen LogP contribution in [-0.2, 0) is 10.1 Å². The Morgan fingerprint density at radius 3 is 2.35 bits per heavy atom. The zero-order valence-corrected chi connectivity index (χ0v) is 11.3. The van der Waals surface area contributed by atoms with Crippen molar-refractivity contribution in [3.05, 3.63) is 48.5 Å². The summed E-state index contributed by atoms with van der Waals surface area (Å²) in [5.41, 5.74) is 0. The smallest absolute Gasteiger partial charge is 0.339 e. The van der Waals surface area contributed by atoms with E-state index in [1.54, 1.807) is 36.4 Å². The standard InChI is InChI=1S/C14H12O5S/c15-20(16,19-11-4-2-1-3-5-11)12-6-7-13-14(10-12)18-9-8-17-13/h1-7,10H,8-9H2. The highest BCUT2D eigenvalue weighted by Gasteiger charge is 2.21. The van der Waals surface area contributed by atoms with E-state index >= 15 is 0 Å². The summed E-state index contributed by atoms with van der Waals surface area (Å²) in [4.78, 5) is 0.0330. The van der Waals surface area contributed by atoms with Gasteiger partial charge in [0.2, 0.25) is 0 Å². The molecule has 0 aromatic heterocycles. The van der Waals surface area contributed by atoms with Crippen molar-refractivity contribution in [2.75, 3.05) is 13.2 Å². The van der Waals surface area contributed by atoms with Gasteiger partial charge in [0.15, 0.2) is 11.5 Å². The first-order valence-corrected chi connectivity index (χ1v) is 7.45. The van der Waals surface area contributed by atoms with Crippen LogP contribution in [0.5, 0.6) is 17.2 Å². The molecule has 0 amide bonds. The summed E-state index contributed by atoms with van der Waals surface area (Å²) < 4.78 is 40.1. The molecule has 6 heteroatoms. The van der Waals surface area contributed by atoms with Gasteiger partial charge in [-0.3, -0.25) is 0 Å². The fourth-order valence-corrected chi connectivity index (χ4v) is 2.78. The first-order chi connectivity index (χ1) is 9.65. The Hall–Kier alpha value is -2.21. The maximum Gasteiger partial charge on any atom is 0.339 e. The molecular weight excluding hydrogens is 280 g/mol. The predicted octanol–water partition coefficient (Wildman–Crippen LogP) is 2.23. The van der Waals surface area contributed by atoms with Crippen molar-refractivity contribution in [3.8, 4) is 17.2 Å². The molecule has 1 aliphatic heterocycles. The fourth-order valence-electron chi connectivity index (χ4n) is 1.83. The molecule has 0 bridgehead atoms. The second-order valence-corrected chi connectivity index (χ2v) is 5.70. The van der Waals surface area contributed by atoms with Crippen molar-refractivity contribution < 1.29 is 22.1 Å². The molecule has 2 aromatic carbocycles. The van der Waals surface area contributed by atoms with Gasteiger partial charge in [-0.25, -0.2) is 0 Å². The van der Waals surface area contributed by atoms with Crippen LogP contribution in [-0.4, -0.2) is 21.6 Å². The molecule has 0 atom stereocenters. The third-order valence-corrected chi connectivity index (χ3v) is 3.99. The molecule has 0 aliphatic carbocycles. The van der Waals surface area contributed by atoms with E-state index in [4.69, 9.17) is 13.7 Å². The Morgan fingerprint density at radius 1 is 0.900 bits per heavy atom. The van der Waals surface area contributed by atoms with Gasteiger partial charge >= 0.3 is 10.1 Å². The lowest BCUT2D eigenvalue weighted by Crippen LogP contribution is -2.16. The highest BCUT2D eigenvalue weighted by Crippen LogP contribution is 2.32. The molecule has 1 aliphatic rings. The summed E-state index contributed by atoms with van der Waals surface area (Å²) in [6.45, 7) is 0.857. The van der Waals surface area contributed by atoms with Crippen LogP contribution in [0.2, 0.25) is 0 Å². The molecule has 0 unspecified atom stereocenters. The van der Waals surface area contributed by atoms with E-state index < -0.39 is 10.1 Å². The first-order valence-electron chi connectivity index (χ1n) is 6.04. The Balaban J connectivity index is 1.91. The van der Waals surface area contributed by atoms with Crippen LogP contribution in [0.1, 0.15) is 0 Å². The minimum atomic E-state index is -3.88. The Morgan fingerprint density at radius 2 is 1.60 bits per heavy atom. The van der Waals surface area contributed by atoms with Gasteiger partial charge in [0, 0.05) is 6.07 Å². The molecule has 1 heterocycles. The van der Waals surface area contributed by atoms with Crippen LogP contribution < -0.4 is 13.7 Å². The van der Waals surface area contributed by atoms with Crippen molar-refractivity contribution in [3.63, 3.8) is 0 Å². The van der Waals surface area contributed by atoms with E-state index in [1.165, 1.54) is 12.1 Å². The SMILES string of the molecule is O=S(=O)(Oc1ccccc1)c1ccc2c(c1)OCCO2. The lowest BCUT2D eigenvalue weighted by molar-refractivity contribution is 0.171. The summed E-state index contributed by atoms with van der Waals surface area (Å²) in [6.07, 6.45) is 0. The van der Waals surface area contributed by atoms with Crippen molar-refractivity contribution >= 4 is 10.1 Å². The number of rotatable bonds is 3. The number of hydrogen-bond donors (Lipinski definition) is 0. The Kier molecular flexibility index (Phi) is 3.23. The van der Waals surface area contributed by atoms with E-state index in [-0.39, 0.29) is 10.6 Å². The second kappa shape index (κ2) is 5.05. The first kappa shape index (κ1) is 12.8. The maximum atomic E-state index is 12.2. The zero-order valence-electron chi connectivity index (χ0n) is 10.5. The van der Waals surface area contributed by atoms with Crippen molar-refractivity contribution in [2.45, 2.75) is 4.90 Å². The highest BCUT2D eigenvalue weighted by molar-refractivity contribution is 7.87. The Labute approximate surface area is 116 Å². The monoisotopic (exact) mass is 292 g/mol. The van der Waals surface area contributed by atoms with Gasteiger partial charge in [-0.05, 0) is 24.3 Å². The number of ether oxygens (including phenoxy) is 2. The molecule has 0 fully saturated rings. The number of fused-ring (bicyclic) bond motifs is 1. The van der Waals surface area contributed by atoms with Crippen LogP contribution in [0.4, 0.5) is 0 Å². The maximum absolute atomic E-state index is 12.2. The van der Waals surface area contributed by atoms with Crippen molar-refractivity contribution in [2.24, 2.45) is 0 Å². The lowest BCUT2D eigenvalue weighted by Gasteiger charge is -2.18. The van der Waals surface area contributed by atoms with E-state index in [9.17, 15) is 8.42 Å². The highest BCUT2D eigenvalue weighted by atomic mass is 32.2. The third kappa shape index (κ3) is 2.55. The average molecular weight is 292 g/mol. The largest absolute Gasteiger partial charge is 0.486 e. The van der Waals surface area contributed by atoms with E-state index in [2.05, 4.69) is 0 Å². The third-order valence-electron chi connectivity index (χ3n) is 2.75. The number of para-hydroxylation sites is 1. The van der Waals surface area contributed by atoms with E-state index in [1.807, 2.05) is 0 Å². The van der Waals surface area contributed by atoms with Gasteiger partial charge in [-0.1, -0.05) is 18.2 Å². The molecule has 3 rings (SSSR count). The average Bonchev–Trinajstić information content (AvgIpc) is 2.47. The molecule has 104 valence electrons. The quantitative estimate of drug-likeness (QED) is 0.812. The predicted molar refractivity (Wildman–Crippen MR) is 71.7 cm³/mol. The van der Waals surface area contributed by atoms with Crippen LogP contribution >= 0.6 is 0 Å². The zero-order chi connectivity index (χ0) is 14.0. The summed E-state index contributed by atoms with van der Waals surface area (Å²) in [7, 11) is -3.88. The molecule has 0 spiro atoms. The summed E-state index contributed by atoms with van der Waals surface area (Å²) >= 11 is 0. The van der Waals surface area contributed by atoms with Crippen LogP contribution in [0.3, 0.4) is 0 Å². The van der Waals surface area contributed by atoms with Gasteiger partial charge in [-0.2, -0.15) is 8.42 Å².